The van der Waals surface area contributed by atoms with Gasteiger partial charge in [0.25, 0.3) is 11.1 Å². The molecule has 0 aliphatic carbocycles. The van der Waals surface area contributed by atoms with E-state index in [2.05, 4.69) is 28.1 Å². The van der Waals surface area contributed by atoms with Crippen LogP contribution in [-0.2, 0) is 31.6 Å². The number of hydrogen-bond acceptors (Lipinski definition) is 13. The molecule has 3 heterocycles. The first-order valence-electron chi connectivity index (χ1n) is 8.35. The number of ether oxygens (including phenoxy) is 1. The van der Waals surface area contributed by atoms with E-state index in [1.807, 2.05) is 0 Å². The molecular weight excluding hydrogens is 521 g/mol. The molecule has 33 heavy (non-hydrogen) atoms. The van der Waals surface area contributed by atoms with Crippen molar-refractivity contribution in [1.29, 1.82) is 0 Å². The molecule has 0 spiro atoms. The van der Waals surface area contributed by atoms with Crippen LogP contribution in [0.4, 0.5) is 0 Å². The van der Waals surface area contributed by atoms with E-state index in [0.717, 1.165) is 17.2 Å². The van der Waals surface area contributed by atoms with Crippen LogP contribution in [0, 0.1) is 0 Å². The van der Waals surface area contributed by atoms with Crippen LogP contribution in [0.25, 0.3) is 11.0 Å². The summed E-state index contributed by atoms with van der Waals surface area (Å²) in [5, 5.41) is 20.4. The summed E-state index contributed by atoms with van der Waals surface area (Å²) in [6.07, 6.45) is -5.00. The highest BCUT2D eigenvalue weighted by Crippen LogP contribution is 2.66. The predicted octanol–water partition coefficient (Wildman–Crippen LogP) is -2.56. The average Bonchev–Trinajstić information content (AvgIpc) is 3.15. The SMILES string of the molecule is O=c1nc[nH]c(=O)c2c1ncn2[C@H]1O[C@H](COP(=O)(O)OP(=O)(O)OP(=O)(O)O)[C@H](O)[C@@H]1O. The maximum Gasteiger partial charge on any atom is 0.490 e. The van der Waals surface area contributed by atoms with Gasteiger partial charge in [-0.15, -0.1) is 0 Å². The highest BCUT2D eigenvalue weighted by molar-refractivity contribution is 7.66. The monoisotopic (exact) mass is 536 g/mol. The molecule has 1 saturated heterocycles. The van der Waals surface area contributed by atoms with Crippen molar-refractivity contribution >= 4 is 34.5 Å². The average molecular weight is 536 g/mol. The van der Waals surface area contributed by atoms with E-state index < -0.39 is 65.7 Å². The fourth-order valence-electron chi connectivity index (χ4n) is 2.78. The molecule has 0 radical (unpaired) electrons. The Kier molecular flexibility index (Phi) is 7.20. The maximum absolute atomic E-state index is 12.2. The molecule has 184 valence electrons. The molecule has 0 aromatic carbocycles. The predicted molar refractivity (Wildman–Crippen MR) is 100 cm³/mol. The highest BCUT2D eigenvalue weighted by Gasteiger charge is 2.47. The molecule has 6 atom stereocenters. The van der Waals surface area contributed by atoms with Crippen LogP contribution in [0.5, 0.6) is 0 Å². The Morgan fingerprint density at radius 2 is 1.70 bits per heavy atom. The molecule has 2 unspecified atom stereocenters. The molecule has 22 heteroatoms. The summed E-state index contributed by atoms with van der Waals surface area (Å²) in [6, 6.07) is 0. The van der Waals surface area contributed by atoms with Crippen molar-refractivity contribution in [2.45, 2.75) is 24.5 Å². The zero-order chi connectivity index (χ0) is 24.8. The van der Waals surface area contributed by atoms with Gasteiger partial charge < -0.3 is 39.5 Å². The van der Waals surface area contributed by atoms with E-state index in [9.17, 15) is 38.4 Å². The summed E-state index contributed by atoms with van der Waals surface area (Å²) in [5.41, 5.74) is -2.50. The number of fused-ring (bicyclic) bond motifs is 1. The zero-order valence-corrected chi connectivity index (χ0v) is 18.4. The first-order chi connectivity index (χ1) is 15.1. The number of nitrogens with one attached hydrogen (secondary N) is 1. The van der Waals surface area contributed by atoms with Crippen molar-refractivity contribution in [1.82, 2.24) is 19.5 Å². The first kappa shape index (κ1) is 25.9. The zero-order valence-electron chi connectivity index (χ0n) is 15.7. The molecule has 19 nitrogen and oxygen atoms in total. The summed E-state index contributed by atoms with van der Waals surface area (Å²) in [4.78, 5) is 69.0. The van der Waals surface area contributed by atoms with E-state index in [4.69, 9.17) is 19.4 Å². The van der Waals surface area contributed by atoms with Gasteiger partial charge in [-0.3, -0.25) is 18.7 Å². The second-order valence-corrected chi connectivity index (χ2v) is 10.7. The Bertz CT molecular complexity index is 1300. The van der Waals surface area contributed by atoms with Gasteiger partial charge in [-0.05, 0) is 0 Å². The van der Waals surface area contributed by atoms with Crippen LogP contribution in [0.1, 0.15) is 6.23 Å². The van der Waals surface area contributed by atoms with Crippen molar-refractivity contribution in [2.24, 2.45) is 0 Å². The third-order valence-electron chi connectivity index (χ3n) is 4.02. The minimum Gasteiger partial charge on any atom is -0.387 e. The second kappa shape index (κ2) is 9.16. The molecule has 0 saturated carbocycles. The van der Waals surface area contributed by atoms with E-state index in [1.54, 1.807) is 0 Å². The molecule has 7 N–H and O–H groups in total. The van der Waals surface area contributed by atoms with Gasteiger partial charge in [0.1, 0.15) is 23.8 Å². The normalized spacial score (nSPS) is 27.3. The maximum atomic E-state index is 12.2. The lowest BCUT2D eigenvalue weighted by molar-refractivity contribution is -0.0501. The number of aliphatic hydroxyl groups excluding tert-OH is 2. The number of H-pyrrole nitrogens is 1. The topological polar surface area (TPSA) is 290 Å². The Morgan fingerprint density at radius 1 is 1.03 bits per heavy atom. The van der Waals surface area contributed by atoms with Crippen molar-refractivity contribution in [2.75, 3.05) is 6.61 Å². The number of aliphatic hydroxyl groups is 2. The minimum atomic E-state index is -5.76. The summed E-state index contributed by atoms with van der Waals surface area (Å²) in [6.45, 7) is -1.07. The van der Waals surface area contributed by atoms with Crippen LogP contribution in [-0.4, -0.2) is 74.2 Å². The van der Waals surface area contributed by atoms with E-state index in [-0.39, 0.29) is 11.0 Å². The van der Waals surface area contributed by atoms with E-state index >= 15 is 0 Å². The molecule has 3 rings (SSSR count). The summed E-state index contributed by atoms with van der Waals surface area (Å²) < 4.78 is 51.4. The third kappa shape index (κ3) is 6.06. The number of hydrogen-bond donors (Lipinski definition) is 7. The number of imidazole rings is 1. The fourth-order valence-corrected chi connectivity index (χ4v) is 5.81. The van der Waals surface area contributed by atoms with Gasteiger partial charge in [0.05, 0.1) is 19.3 Å². The molecule has 1 aliphatic heterocycles. The van der Waals surface area contributed by atoms with Gasteiger partial charge in [0, 0.05) is 0 Å². The largest absolute Gasteiger partial charge is 0.490 e. The van der Waals surface area contributed by atoms with Crippen LogP contribution >= 0.6 is 23.5 Å². The lowest BCUT2D eigenvalue weighted by Gasteiger charge is -2.19. The molecule has 0 amide bonds. The van der Waals surface area contributed by atoms with Crippen molar-refractivity contribution in [3.05, 3.63) is 33.4 Å². The lowest BCUT2D eigenvalue weighted by Crippen LogP contribution is -2.33. The Balaban J connectivity index is 1.77. The molecular formula is C11H15N4O15P3. The first-order valence-corrected chi connectivity index (χ1v) is 12.9. The van der Waals surface area contributed by atoms with Crippen molar-refractivity contribution in [3.8, 4) is 0 Å². The lowest BCUT2D eigenvalue weighted by atomic mass is 10.1. The fraction of sp³-hybridized carbons (Fsp3) is 0.455. The number of rotatable bonds is 8. The standard InChI is InChI=1S/C11H15N4O15P3/c16-7-4(1-27-32(23,24)30-33(25,26)29-31(20,21)22)28-11(8(7)17)15-3-14-5-6(15)10(19)13-2-12-9(5)18/h2-4,7-8,11,16-17H,1H2,(H,23,24)(H,25,26)(H2,20,21,22)(H,12,13,18,19)/t4-,7+,8+,11+/m1/s1. The Hall–Kier alpha value is -1.69. The van der Waals surface area contributed by atoms with Crippen LogP contribution in [0.15, 0.2) is 22.2 Å². The molecule has 2 aromatic heterocycles. The number of aromatic amines is 1. The van der Waals surface area contributed by atoms with Crippen molar-refractivity contribution in [3.63, 3.8) is 0 Å². The van der Waals surface area contributed by atoms with Gasteiger partial charge >= 0.3 is 23.5 Å². The van der Waals surface area contributed by atoms with Gasteiger partial charge in [-0.2, -0.15) is 13.6 Å². The Labute approximate surface area is 180 Å². The summed E-state index contributed by atoms with van der Waals surface area (Å²) in [7, 11) is -16.9. The number of nitrogens with zero attached hydrogens (tertiary/aromatic N) is 3. The van der Waals surface area contributed by atoms with Crippen LogP contribution < -0.4 is 11.1 Å². The molecule has 1 aliphatic rings. The highest BCUT2D eigenvalue weighted by atomic mass is 31.3. The number of phosphoric ester groups is 1. The van der Waals surface area contributed by atoms with Gasteiger partial charge in [0.15, 0.2) is 11.7 Å². The van der Waals surface area contributed by atoms with Crippen LogP contribution in [0.3, 0.4) is 0 Å². The van der Waals surface area contributed by atoms with Gasteiger partial charge in [-0.1, -0.05) is 0 Å². The van der Waals surface area contributed by atoms with Gasteiger partial charge in [0.2, 0.25) is 0 Å². The Morgan fingerprint density at radius 3 is 2.33 bits per heavy atom. The van der Waals surface area contributed by atoms with E-state index in [0.29, 0.717) is 0 Å². The number of aromatic nitrogens is 4. The minimum absolute atomic E-state index is 0.373. The van der Waals surface area contributed by atoms with E-state index in [1.165, 1.54) is 0 Å². The summed E-state index contributed by atoms with van der Waals surface area (Å²) in [5.74, 6) is 0. The second-order valence-electron chi connectivity index (χ2n) is 6.32. The van der Waals surface area contributed by atoms with Crippen LogP contribution in [0.2, 0.25) is 0 Å². The van der Waals surface area contributed by atoms with Gasteiger partial charge in [-0.25, -0.2) is 18.7 Å². The molecule has 1 fully saturated rings. The smallest absolute Gasteiger partial charge is 0.387 e. The third-order valence-corrected chi connectivity index (χ3v) is 7.82. The molecule has 0 bridgehead atoms. The van der Waals surface area contributed by atoms with Crippen molar-refractivity contribution < 1.29 is 61.4 Å². The number of phosphoric acid groups is 3. The molecule has 2 aromatic rings. The summed E-state index contributed by atoms with van der Waals surface area (Å²) >= 11 is 0. The quantitative estimate of drug-likeness (QED) is 0.171.